The second-order valence-corrected chi connectivity index (χ2v) is 4.98. The van der Waals surface area contributed by atoms with Crippen molar-refractivity contribution in [3.05, 3.63) is 22.8 Å². The van der Waals surface area contributed by atoms with Crippen molar-refractivity contribution in [2.45, 2.75) is 25.9 Å². The molecule has 1 aromatic rings. The molecule has 0 radical (unpaired) electrons. The monoisotopic (exact) mass is 298 g/mol. The summed E-state index contributed by atoms with van der Waals surface area (Å²) >= 11 is 5.97. The third-order valence-corrected chi connectivity index (χ3v) is 3.62. The van der Waals surface area contributed by atoms with Gasteiger partial charge >= 0.3 is 5.97 Å². The van der Waals surface area contributed by atoms with Crippen molar-refractivity contribution in [2.75, 3.05) is 13.1 Å². The van der Waals surface area contributed by atoms with Crippen molar-refractivity contribution in [3.8, 4) is 5.88 Å². The number of ether oxygens (including phenoxy) is 1. The fraction of sp³-hybridized carbons (Fsp3) is 0.462. The quantitative estimate of drug-likeness (QED) is 0.921. The highest BCUT2D eigenvalue weighted by molar-refractivity contribution is 6.34. The molecule has 0 aromatic carbocycles. The highest BCUT2D eigenvalue weighted by atomic mass is 35.5. The van der Waals surface area contributed by atoms with Gasteiger partial charge in [0.2, 0.25) is 11.8 Å². The van der Waals surface area contributed by atoms with Gasteiger partial charge in [-0.3, -0.25) is 4.79 Å². The minimum Gasteiger partial charge on any atom is -0.478 e. The molecule has 1 N–H and O–H groups in total. The summed E-state index contributed by atoms with van der Waals surface area (Å²) in [6.07, 6.45) is 2.60. The first-order chi connectivity index (χ1) is 9.49. The number of hydrogen-bond acceptors (Lipinski definition) is 4. The van der Waals surface area contributed by atoms with E-state index in [1.54, 1.807) is 4.90 Å². The lowest BCUT2D eigenvalue weighted by Gasteiger charge is -2.31. The van der Waals surface area contributed by atoms with Gasteiger partial charge in [0.15, 0.2) is 0 Å². The smallest absolute Gasteiger partial charge is 0.337 e. The Hall–Kier alpha value is -1.82. The van der Waals surface area contributed by atoms with Crippen LogP contribution in [0.25, 0.3) is 0 Å². The molecule has 0 atom stereocenters. The van der Waals surface area contributed by atoms with Crippen LogP contribution in [-0.4, -0.2) is 46.1 Å². The minimum atomic E-state index is -1.12. The van der Waals surface area contributed by atoms with Gasteiger partial charge in [-0.1, -0.05) is 11.6 Å². The molecule has 2 heterocycles. The predicted molar refractivity (Wildman–Crippen MR) is 72.1 cm³/mol. The number of halogens is 1. The molecule has 1 aromatic heterocycles. The Morgan fingerprint density at radius 2 is 2.10 bits per heavy atom. The van der Waals surface area contributed by atoms with Crippen molar-refractivity contribution < 1.29 is 19.4 Å². The minimum absolute atomic E-state index is 0.00833. The molecule has 0 spiro atoms. The molecule has 1 aliphatic rings. The number of carboxylic acids is 1. The van der Waals surface area contributed by atoms with Crippen molar-refractivity contribution in [1.82, 2.24) is 9.88 Å². The molecule has 0 bridgehead atoms. The zero-order chi connectivity index (χ0) is 14.7. The molecule has 1 saturated heterocycles. The van der Waals surface area contributed by atoms with Crippen LogP contribution in [0.15, 0.2) is 12.3 Å². The van der Waals surface area contributed by atoms with E-state index in [2.05, 4.69) is 4.98 Å². The number of aromatic carboxylic acids is 1. The Labute approximate surface area is 121 Å². The Kier molecular flexibility index (Phi) is 4.44. The lowest BCUT2D eigenvalue weighted by atomic mass is 10.1. The molecule has 7 heteroatoms. The maximum atomic E-state index is 11.2. The zero-order valence-corrected chi connectivity index (χ0v) is 11.8. The van der Waals surface area contributed by atoms with Crippen molar-refractivity contribution in [3.63, 3.8) is 0 Å². The first-order valence-electron chi connectivity index (χ1n) is 6.29. The molecule has 0 aliphatic carbocycles. The molecule has 0 unspecified atom stereocenters. The number of hydrogen-bond donors (Lipinski definition) is 1. The molecular weight excluding hydrogens is 284 g/mol. The molecule has 2 rings (SSSR count). The van der Waals surface area contributed by atoms with Crippen LogP contribution in [0.1, 0.15) is 30.1 Å². The van der Waals surface area contributed by atoms with E-state index in [4.69, 9.17) is 21.4 Å². The van der Waals surface area contributed by atoms with E-state index in [-0.39, 0.29) is 28.5 Å². The standard InChI is InChI=1S/C13H15ClN2O4/c1-8(17)16-6-3-9(4-7-16)20-12-11(14)10(13(18)19)2-5-15-12/h2,5,9H,3-4,6-7H2,1H3,(H,18,19). The van der Waals surface area contributed by atoms with Gasteiger partial charge in [-0.25, -0.2) is 9.78 Å². The fourth-order valence-electron chi connectivity index (χ4n) is 2.12. The topological polar surface area (TPSA) is 79.7 Å². The van der Waals surface area contributed by atoms with Gasteiger partial charge in [0, 0.05) is 39.1 Å². The first-order valence-corrected chi connectivity index (χ1v) is 6.67. The summed E-state index contributed by atoms with van der Waals surface area (Å²) in [5.74, 6) is -0.936. The number of pyridine rings is 1. The van der Waals surface area contributed by atoms with E-state index in [9.17, 15) is 9.59 Å². The van der Waals surface area contributed by atoms with E-state index < -0.39 is 5.97 Å². The van der Waals surface area contributed by atoms with Crippen LogP contribution >= 0.6 is 11.6 Å². The molecule has 108 valence electrons. The second-order valence-electron chi connectivity index (χ2n) is 4.61. The summed E-state index contributed by atoms with van der Waals surface area (Å²) in [6, 6.07) is 1.33. The van der Waals surface area contributed by atoms with Crippen LogP contribution in [-0.2, 0) is 4.79 Å². The number of carbonyl (C=O) groups excluding carboxylic acids is 1. The number of piperidine rings is 1. The lowest BCUT2D eigenvalue weighted by molar-refractivity contribution is -0.130. The SMILES string of the molecule is CC(=O)N1CCC(Oc2nccc(C(=O)O)c2Cl)CC1. The van der Waals surface area contributed by atoms with Gasteiger partial charge in [0.25, 0.3) is 0 Å². The number of carboxylic acid groups (broad SMARTS) is 1. The number of carbonyl (C=O) groups is 2. The molecule has 1 fully saturated rings. The van der Waals surface area contributed by atoms with Crippen LogP contribution in [0.3, 0.4) is 0 Å². The van der Waals surface area contributed by atoms with Gasteiger partial charge < -0.3 is 14.7 Å². The molecule has 0 saturated carbocycles. The Balaban J connectivity index is 2.03. The van der Waals surface area contributed by atoms with Crippen LogP contribution in [0, 0.1) is 0 Å². The van der Waals surface area contributed by atoms with Gasteiger partial charge in [-0.2, -0.15) is 0 Å². The van der Waals surface area contributed by atoms with Crippen molar-refractivity contribution in [1.29, 1.82) is 0 Å². The molecular formula is C13H15ClN2O4. The van der Waals surface area contributed by atoms with Gasteiger partial charge in [0.05, 0.1) is 5.56 Å². The second kappa shape index (κ2) is 6.09. The largest absolute Gasteiger partial charge is 0.478 e. The zero-order valence-electron chi connectivity index (χ0n) is 11.0. The number of likely N-dealkylation sites (tertiary alicyclic amines) is 1. The van der Waals surface area contributed by atoms with Crippen molar-refractivity contribution in [2.24, 2.45) is 0 Å². The van der Waals surface area contributed by atoms with E-state index in [0.717, 1.165) is 0 Å². The predicted octanol–water partition coefficient (Wildman–Crippen LogP) is 1.82. The summed E-state index contributed by atoms with van der Waals surface area (Å²) in [4.78, 5) is 27.9. The third-order valence-electron chi connectivity index (χ3n) is 3.25. The fourth-order valence-corrected chi connectivity index (χ4v) is 2.36. The number of amides is 1. The van der Waals surface area contributed by atoms with Crippen molar-refractivity contribution >= 4 is 23.5 Å². The maximum absolute atomic E-state index is 11.2. The van der Waals surface area contributed by atoms with Crippen LogP contribution in [0.4, 0.5) is 0 Å². The van der Waals surface area contributed by atoms with Crippen LogP contribution < -0.4 is 4.74 Å². The summed E-state index contributed by atoms with van der Waals surface area (Å²) < 4.78 is 5.66. The summed E-state index contributed by atoms with van der Waals surface area (Å²) in [5, 5.41) is 8.99. The Bertz CT molecular complexity index is 527. The third kappa shape index (κ3) is 3.19. The summed E-state index contributed by atoms with van der Waals surface area (Å²) in [6.45, 7) is 2.78. The Morgan fingerprint density at radius 1 is 1.45 bits per heavy atom. The average Bonchev–Trinajstić information content (AvgIpc) is 2.41. The van der Waals surface area contributed by atoms with E-state index in [1.807, 2.05) is 0 Å². The van der Waals surface area contributed by atoms with E-state index >= 15 is 0 Å². The van der Waals surface area contributed by atoms with Gasteiger partial charge in [0.1, 0.15) is 11.1 Å². The van der Waals surface area contributed by atoms with E-state index in [0.29, 0.717) is 25.9 Å². The molecule has 6 nitrogen and oxygen atoms in total. The van der Waals surface area contributed by atoms with Crippen LogP contribution in [0.2, 0.25) is 5.02 Å². The molecule has 20 heavy (non-hydrogen) atoms. The highest BCUT2D eigenvalue weighted by Crippen LogP contribution is 2.28. The number of aromatic nitrogens is 1. The lowest BCUT2D eigenvalue weighted by Crippen LogP contribution is -2.40. The normalized spacial score (nSPS) is 16.0. The highest BCUT2D eigenvalue weighted by Gasteiger charge is 2.24. The number of nitrogens with zero attached hydrogens (tertiary/aromatic N) is 2. The van der Waals surface area contributed by atoms with Gasteiger partial charge in [-0.05, 0) is 6.07 Å². The van der Waals surface area contributed by atoms with Gasteiger partial charge in [-0.15, -0.1) is 0 Å². The van der Waals surface area contributed by atoms with Crippen LogP contribution in [0.5, 0.6) is 5.88 Å². The Morgan fingerprint density at radius 3 is 2.65 bits per heavy atom. The number of rotatable bonds is 3. The molecule has 1 aliphatic heterocycles. The summed E-state index contributed by atoms with van der Waals surface area (Å²) in [7, 11) is 0. The van der Waals surface area contributed by atoms with E-state index in [1.165, 1.54) is 19.2 Å². The summed E-state index contributed by atoms with van der Waals surface area (Å²) in [5.41, 5.74) is -0.0298. The molecule has 1 amide bonds. The average molecular weight is 299 g/mol. The first kappa shape index (κ1) is 14.6. The maximum Gasteiger partial charge on any atom is 0.337 e.